The summed E-state index contributed by atoms with van der Waals surface area (Å²) in [5.74, 6) is 0.269. The number of aryl methyl sites for hydroxylation is 2. The minimum Gasteiger partial charge on any atom is -0.481 e. The molecule has 3 heterocycles. The first kappa shape index (κ1) is 19.3. The van der Waals surface area contributed by atoms with E-state index in [1.807, 2.05) is 0 Å². The number of nitrogens with zero attached hydrogens (tertiary/aromatic N) is 4. The van der Waals surface area contributed by atoms with Crippen molar-refractivity contribution in [3.8, 4) is 5.88 Å². The number of amides is 1. The molecule has 0 saturated carbocycles. The van der Waals surface area contributed by atoms with Gasteiger partial charge in [0.15, 0.2) is 0 Å². The Bertz CT molecular complexity index is 904. The van der Waals surface area contributed by atoms with Crippen molar-refractivity contribution in [2.45, 2.75) is 25.2 Å². The molecule has 9 nitrogen and oxygen atoms in total. The van der Waals surface area contributed by atoms with Gasteiger partial charge in [-0.15, -0.1) is 0 Å². The van der Waals surface area contributed by atoms with Gasteiger partial charge in [0.2, 0.25) is 15.9 Å². The second kappa shape index (κ2) is 7.65. The van der Waals surface area contributed by atoms with Gasteiger partial charge in [0.25, 0.3) is 5.91 Å². The summed E-state index contributed by atoms with van der Waals surface area (Å²) in [6.07, 6.45) is 2.03. The van der Waals surface area contributed by atoms with Gasteiger partial charge in [-0.3, -0.25) is 9.89 Å². The molecule has 10 heteroatoms. The number of carbonyl (C=O) groups is 1. The summed E-state index contributed by atoms with van der Waals surface area (Å²) in [4.78, 5) is 18.6. The van der Waals surface area contributed by atoms with Crippen LogP contribution in [0.1, 0.15) is 28.2 Å². The first-order valence-corrected chi connectivity index (χ1v) is 10.1. The molecule has 0 unspecified atom stereocenters. The van der Waals surface area contributed by atoms with Gasteiger partial charge >= 0.3 is 0 Å². The Hall–Kier alpha value is -2.46. The molecule has 2 aromatic heterocycles. The van der Waals surface area contributed by atoms with Crippen LogP contribution in [0.5, 0.6) is 5.88 Å². The van der Waals surface area contributed by atoms with Gasteiger partial charge in [-0.1, -0.05) is 0 Å². The third-order valence-electron chi connectivity index (χ3n) is 4.59. The lowest BCUT2D eigenvalue weighted by Crippen LogP contribution is -2.37. The van der Waals surface area contributed by atoms with Gasteiger partial charge in [-0.05, 0) is 26.3 Å². The number of pyridine rings is 1. The lowest BCUT2D eigenvalue weighted by atomic mass is 10.2. The molecule has 1 amide bonds. The maximum atomic E-state index is 13.0. The molecule has 27 heavy (non-hydrogen) atoms. The number of nitrogens with one attached hydrogen (secondary N) is 1. The lowest BCUT2D eigenvalue weighted by molar-refractivity contribution is 0.0763. The van der Waals surface area contributed by atoms with Gasteiger partial charge in [0.05, 0.1) is 24.1 Å². The molecule has 1 N–H and O–H groups in total. The van der Waals surface area contributed by atoms with E-state index >= 15 is 0 Å². The standard InChI is InChI=1S/C17H23N5O4S/c1-12-16(13(2)20-19-12)27(24,25)22-8-4-7-21(9-10-22)17(23)14-5-6-15(26-3)18-11-14/h5-6,11H,4,7-10H2,1-3H3,(H,19,20). The van der Waals surface area contributed by atoms with Crippen LogP contribution in [0.15, 0.2) is 23.2 Å². The molecular weight excluding hydrogens is 370 g/mol. The zero-order valence-corrected chi connectivity index (χ0v) is 16.4. The van der Waals surface area contributed by atoms with Gasteiger partial charge in [0, 0.05) is 38.4 Å². The monoisotopic (exact) mass is 393 g/mol. The molecule has 146 valence electrons. The van der Waals surface area contributed by atoms with Gasteiger partial charge in [0.1, 0.15) is 4.90 Å². The van der Waals surface area contributed by atoms with Crippen LogP contribution in [0, 0.1) is 13.8 Å². The second-order valence-corrected chi connectivity index (χ2v) is 8.28. The molecule has 1 aliphatic rings. The third-order valence-corrected chi connectivity index (χ3v) is 6.76. The average Bonchev–Trinajstić information content (AvgIpc) is 2.87. The largest absolute Gasteiger partial charge is 0.481 e. The Morgan fingerprint density at radius 2 is 1.96 bits per heavy atom. The number of carbonyl (C=O) groups excluding carboxylic acids is 1. The van der Waals surface area contributed by atoms with E-state index < -0.39 is 10.0 Å². The lowest BCUT2D eigenvalue weighted by Gasteiger charge is -2.22. The van der Waals surface area contributed by atoms with Crippen LogP contribution in [0.3, 0.4) is 0 Å². The fourth-order valence-corrected chi connectivity index (χ4v) is 5.00. The van der Waals surface area contributed by atoms with E-state index in [1.165, 1.54) is 17.6 Å². The van der Waals surface area contributed by atoms with E-state index in [0.717, 1.165) is 0 Å². The van der Waals surface area contributed by atoms with Gasteiger partial charge < -0.3 is 9.64 Å². The Labute approximate surface area is 158 Å². The summed E-state index contributed by atoms with van der Waals surface area (Å²) >= 11 is 0. The molecule has 0 radical (unpaired) electrons. The number of sulfonamides is 1. The van der Waals surface area contributed by atoms with Gasteiger partial charge in [-0.25, -0.2) is 13.4 Å². The predicted octanol–water partition coefficient (Wildman–Crippen LogP) is 0.967. The van der Waals surface area contributed by atoms with Crippen molar-refractivity contribution in [1.82, 2.24) is 24.4 Å². The number of methoxy groups -OCH3 is 1. The Morgan fingerprint density at radius 3 is 2.56 bits per heavy atom. The Morgan fingerprint density at radius 1 is 1.19 bits per heavy atom. The summed E-state index contributed by atoms with van der Waals surface area (Å²) in [7, 11) is -2.14. The third kappa shape index (κ3) is 3.81. The molecule has 0 bridgehead atoms. The minimum atomic E-state index is -3.65. The molecule has 0 atom stereocenters. The number of aromatic nitrogens is 3. The van der Waals surface area contributed by atoms with Crippen molar-refractivity contribution in [2.75, 3.05) is 33.3 Å². The second-order valence-electron chi connectivity index (χ2n) is 6.40. The smallest absolute Gasteiger partial charge is 0.255 e. The highest BCUT2D eigenvalue weighted by molar-refractivity contribution is 7.89. The number of hydrogen-bond acceptors (Lipinski definition) is 6. The van der Waals surface area contributed by atoms with Crippen molar-refractivity contribution >= 4 is 15.9 Å². The minimum absolute atomic E-state index is 0.167. The summed E-state index contributed by atoms with van der Waals surface area (Å²) in [5, 5.41) is 6.70. The van der Waals surface area contributed by atoms with E-state index in [9.17, 15) is 13.2 Å². The number of H-pyrrole nitrogens is 1. The highest BCUT2D eigenvalue weighted by Crippen LogP contribution is 2.23. The first-order chi connectivity index (χ1) is 12.8. The zero-order chi connectivity index (χ0) is 19.6. The number of rotatable bonds is 4. The maximum Gasteiger partial charge on any atom is 0.255 e. The SMILES string of the molecule is COc1ccc(C(=O)N2CCCN(S(=O)(=O)c3c(C)n[nH]c3C)CC2)cn1. The molecule has 0 aromatic carbocycles. The van der Waals surface area contributed by atoms with Crippen molar-refractivity contribution in [1.29, 1.82) is 0 Å². The van der Waals surface area contributed by atoms with Gasteiger partial charge in [-0.2, -0.15) is 9.40 Å². The molecule has 0 spiro atoms. The molecule has 1 aliphatic heterocycles. The van der Waals surface area contributed by atoms with E-state index in [1.54, 1.807) is 30.9 Å². The van der Waals surface area contributed by atoms with Crippen LogP contribution in [-0.4, -0.2) is 72.0 Å². The molecule has 2 aromatic rings. The normalized spacial score (nSPS) is 16.2. The summed E-state index contributed by atoms with van der Waals surface area (Å²) < 4.78 is 32.4. The Kier molecular flexibility index (Phi) is 5.47. The summed E-state index contributed by atoms with van der Waals surface area (Å²) in [6.45, 7) is 4.76. The quantitative estimate of drug-likeness (QED) is 0.829. The fourth-order valence-electron chi connectivity index (χ4n) is 3.20. The van der Waals surface area contributed by atoms with Crippen molar-refractivity contribution < 1.29 is 17.9 Å². The van der Waals surface area contributed by atoms with Crippen molar-refractivity contribution in [3.63, 3.8) is 0 Å². The van der Waals surface area contributed by atoms with E-state index in [-0.39, 0.29) is 17.3 Å². The van der Waals surface area contributed by atoms with Crippen molar-refractivity contribution in [3.05, 3.63) is 35.3 Å². The van der Waals surface area contributed by atoms with Crippen LogP contribution in [0.4, 0.5) is 0 Å². The van der Waals surface area contributed by atoms with E-state index in [4.69, 9.17) is 4.74 Å². The van der Waals surface area contributed by atoms with Crippen LogP contribution in [0.2, 0.25) is 0 Å². The number of hydrogen-bond donors (Lipinski definition) is 1. The van der Waals surface area contributed by atoms with E-state index in [2.05, 4.69) is 15.2 Å². The summed E-state index contributed by atoms with van der Waals surface area (Å²) in [5.41, 5.74) is 1.43. The highest BCUT2D eigenvalue weighted by Gasteiger charge is 2.32. The fraction of sp³-hybridized carbons (Fsp3) is 0.471. The average molecular weight is 393 g/mol. The first-order valence-electron chi connectivity index (χ1n) is 8.65. The molecule has 3 rings (SSSR count). The summed E-state index contributed by atoms with van der Waals surface area (Å²) in [6, 6.07) is 3.29. The molecule has 0 aliphatic carbocycles. The van der Waals surface area contributed by atoms with Crippen molar-refractivity contribution in [2.24, 2.45) is 0 Å². The zero-order valence-electron chi connectivity index (χ0n) is 15.6. The molecule has 1 fully saturated rings. The van der Waals surface area contributed by atoms with E-state index in [0.29, 0.717) is 48.9 Å². The number of ether oxygens (including phenoxy) is 1. The van der Waals surface area contributed by atoms with Crippen LogP contribution >= 0.6 is 0 Å². The Balaban J connectivity index is 1.74. The van der Waals surface area contributed by atoms with Crippen LogP contribution in [-0.2, 0) is 10.0 Å². The molecular formula is C17H23N5O4S. The molecule has 1 saturated heterocycles. The number of aromatic amines is 1. The maximum absolute atomic E-state index is 13.0. The topological polar surface area (TPSA) is 108 Å². The van der Waals surface area contributed by atoms with Crippen LogP contribution in [0.25, 0.3) is 0 Å². The predicted molar refractivity (Wildman–Crippen MR) is 98.1 cm³/mol. The van der Waals surface area contributed by atoms with Crippen LogP contribution < -0.4 is 4.74 Å². The highest BCUT2D eigenvalue weighted by atomic mass is 32.2.